The lowest BCUT2D eigenvalue weighted by Gasteiger charge is -2.08. The Kier molecular flexibility index (Phi) is 4.17. The molecule has 18 heavy (non-hydrogen) atoms. The molecule has 5 heteroatoms. The molecule has 4 nitrogen and oxygen atoms in total. The number of hydrogen-bond acceptors (Lipinski definition) is 5. The van der Waals surface area contributed by atoms with Crippen LogP contribution in [0.25, 0.3) is 0 Å². The van der Waals surface area contributed by atoms with Crippen molar-refractivity contribution < 1.29 is 9.84 Å². The summed E-state index contributed by atoms with van der Waals surface area (Å²) in [5.74, 6) is 0.614. The van der Waals surface area contributed by atoms with Crippen molar-refractivity contribution in [2.75, 3.05) is 18.9 Å². The van der Waals surface area contributed by atoms with Gasteiger partial charge in [-0.15, -0.1) is 11.3 Å². The monoisotopic (exact) mass is 264 g/mol. The molecular formula is C13H16N2O2S. The molecular weight excluding hydrogens is 248 g/mol. The molecule has 1 aromatic carbocycles. The van der Waals surface area contributed by atoms with E-state index in [1.165, 1.54) is 4.88 Å². The van der Waals surface area contributed by atoms with Crippen LogP contribution in [0, 0.1) is 6.92 Å². The van der Waals surface area contributed by atoms with Crippen LogP contribution in [0.15, 0.2) is 24.4 Å². The molecule has 0 aliphatic carbocycles. The summed E-state index contributed by atoms with van der Waals surface area (Å²) in [7, 11) is 0. The van der Waals surface area contributed by atoms with Gasteiger partial charge in [0.05, 0.1) is 17.3 Å². The van der Waals surface area contributed by atoms with Crippen LogP contribution in [-0.4, -0.2) is 23.3 Å². The molecule has 3 N–H and O–H groups in total. The zero-order valence-corrected chi connectivity index (χ0v) is 11.0. The number of benzene rings is 1. The highest BCUT2D eigenvalue weighted by Gasteiger charge is 2.05. The van der Waals surface area contributed by atoms with E-state index in [2.05, 4.69) is 4.98 Å². The van der Waals surface area contributed by atoms with Gasteiger partial charge >= 0.3 is 0 Å². The first-order chi connectivity index (χ1) is 8.69. The summed E-state index contributed by atoms with van der Waals surface area (Å²) in [6.45, 7) is 2.29. The fourth-order valence-electron chi connectivity index (χ4n) is 1.65. The van der Waals surface area contributed by atoms with Crippen molar-refractivity contribution in [2.24, 2.45) is 0 Å². The minimum atomic E-state index is -0.0143. The quantitative estimate of drug-likeness (QED) is 0.810. The van der Waals surface area contributed by atoms with Crippen LogP contribution in [0.4, 0.5) is 5.69 Å². The fraction of sp³-hybridized carbons (Fsp3) is 0.308. The molecule has 1 heterocycles. The molecule has 96 valence electrons. The number of aromatic nitrogens is 1. The lowest BCUT2D eigenvalue weighted by Crippen LogP contribution is -2.04. The van der Waals surface area contributed by atoms with Gasteiger partial charge in [0.25, 0.3) is 0 Å². The second-order valence-electron chi connectivity index (χ2n) is 3.99. The van der Waals surface area contributed by atoms with Crippen molar-refractivity contribution in [3.8, 4) is 5.75 Å². The average molecular weight is 264 g/mol. The first-order valence-electron chi connectivity index (χ1n) is 5.72. The first-order valence-corrected chi connectivity index (χ1v) is 6.54. The number of nitrogen functional groups attached to an aromatic ring is 1. The maximum atomic E-state index is 8.70. The molecule has 0 fully saturated rings. The van der Waals surface area contributed by atoms with E-state index in [-0.39, 0.29) is 13.2 Å². The summed E-state index contributed by atoms with van der Waals surface area (Å²) in [5, 5.41) is 9.78. The van der Waals surface area contributed by atoms with Crippen molar-refractivity contribution in [3.63, 3.8) is 0 Å². The van der Waals surface area contributed by atoms with Crippen molar-refractivity contribution in [1.29, 1.82) is 0 Å². The number of nitrogens with two attached hydrogens (primary N) is 1. The highest BCUT2D eigenvalue weighted by molar-refractivity contribution is 7.11. The molecule has 1 aromatic heterocycles. The molecule has 2 rings (SSSR count). The van der Waals surface area contributed by atoms with E-state index in [9.17, 15) is 0 Å². The third-order valence-corrected chi connectivity index (χ3v) is 3.36. The van der Waals surface area contributed by atoms with Crippen molar-refractivity contribution in [3.05, 3.63) is 39.8 Å². The van der Waals surface area contributed by atoms with Gasteiger partial charge in [0.15, 0.2) is 0 Å². The van der Waals surface area contributed by atoms with E-state index < -0.39 is 0 Å². The van der Waals surface area contributed by atoms with Crippen LogP contribution in [-0.2, 0) is 6.42 Å². The Morgan fingerprint density at radius 3 is 2.89 bits per heavy atom. The van der Waals surface area contributed by atoms with E-state index in [0.717, 1.165) is 17.0 Å². The maximum Gasteiger partial charge on any atom is 0.142 e. The predicted octanol–water partition coefficient (Wildman–Crippen LogP) is 2.00. The van der Waals surface area contributed by atoms with Gasteiger partial charge in [-0.1, -0.05) is 6.07 Å². The molecule has 0 aliphatic rings. The molecule has 0 saturated carbocycles. The van der Waals surface area contributed by atoms with Crippen molar-refractivity contribution in [1.82, 2.24) is 4.98 Å². The van der Waals surface area contributed by atoms with Gasteiger partial charge in [0.2, 0.25) is 0 Å². The van der Waals surface area contributed by atoms with E-state index in [1.807, 2.05) is 31.3 Å². The normalized spacial score (nSPS) is 10.6. The number of nitrogens with zero attached hydrogens (tertiary/aromatic N) is 1. The van der Waals surface area contributed by atoms with Crippen molar-refractivity contribution >= 4 is 17.0 Å². The molecule has 0 radical (unpaired) electrons. The Hall–Kier alpha value is -1.59. The molecule has 0 amide bonds. The number of aliphatic hydroxyl groups is 1. The Morgan fingerprint density at radius 2 is 2.28 bits per heavy atom. The van der Waals surface area contributed by atoms with Crippen LogP contribution in [0.1, 0.15) is 15.4 Å². The van der Waals surface area contributed by atoms with Crippen LogP contribution in [0.3, 0.4) is 0 Å². The summed E-state index contributed by atoms with van der Waals surface area (Å²) in [4.78, 5) is 5.54. The second-order valence-corrected chi connectivity index (χ2v) is 5.30. The highest BCUT2D eigenvalue weighted by atomic mass is 32.1. The zero-order chi connectivity index (χ0) is 13.0. The zero-order valence-electron chi connectivity index (χ0n) is 10.2. The summed E-state index contributed by atoms with van der Waals surface area (Å²) in [6.07, 6.45) is 2.66. The van der Waals surface area contributed by atoms with Gasteiger partial charge < -0.3 is 15.6 Å². The van der Waals surface area contributed by atoms with Crippen LogP contribution in [0.5, 0.6) is 5.75 Å². The Labute approximate surface area is 110 Å². The highest BCUT2D eigenvalue weighted by Crippen LogP contribution is 2.24. The standard InChI is InChI=1S/C13H16N2O2S/c1-9-8-15-13(18-9)7-10-2-3-12(11(14)6-10)17-5-4-16/h2-3,6,8,16H,4-5,7,14H2,1H3. The number of anilines is 1. The minimum absolute atomic E-state index is 0.0143. The molecule has 2 aromatic rings. The van der Waals surface area contributed by atoms with E-state index >= 15 is 0 Å². The largest absolute Gasteiger partial charge is 0.489 e. The number of thiazole rings is 1. The van der Waals surface area contributed by atoms with Gasteiger partial charge in [-0.25, -0.2) is 4.98 Å². The summed E-state index contributed by atoms with van der Waals surface area (Å²) < 4.78 is 5.31. The first kappa shape index (κ1) is 12.9. The summed E-state index contributed by atoms with van der Waals surface area (Å²) >= 11 is 1.69. The molecule has 0 atom stereocenters. The second kappa shape index (κ2) is 5.84. The maximum absolute atomic E-state index is 8.70. The van der Waals surface area contributed by atoms with Gasteiger partial charge in [-0.2, -0.15) is 0 Å². The van der Waals surface area contributed by atoms with Crippen LogP contribution in [0.2, 0.25) is 0 Å². The molecule has 0 saturated heterocycles. The van der Waals surface area contributed by atoms with E-state index in [4.69, 9.17) is 15.6 Å². The SMILES string of the molecule is Cc1cnc(Cc2ccc(OCCO)c(N)c2)s1. The molecule has 0 aliphatic heterocycles. The van der Waals surface area contributed by atoms with E-state index in [0.29, 0.717) is 11.4 Å². The van der Waals surface area contributed by atoms with Crippen molar-refractivity contribution in [2.45, 2.75) is 13.3 Å². The Morgan fingerprint density at radius 1 is 1.44 bits per heavy atom. The van der Waals surface area contributed by atoms with E-state index in [1.54, 1.807) is 11.3 Å². The van der Waals surface area contributed by atoms with Crippen LogP contribution >= 0.6 is 11.3 Å². The molecule has 0 bridgehead atoms. The number of hydrogen-bond donors (Lipinski definition) is 2. The number of rotatable bonds is 5. The van der Waals surface area contributed by atoms with Crippen LogP contribution < -0.4 is 10.5 Å². The molecule has 0 unspecified atom stereocenters. The lowest BCUT2D eigenvalue weighted by atomic mass is 10.1. The fourth-order valence-corrected chi connectivity index (χ4v) is 2.47. The molecule has 0 spiro atoms. The number of aryl methyl sites for hydroxylation is 1. The minimum Gasteiger partial charge on any atom is -0.489 e. The van der Waals surface area contributed by atoms with Gasteiger partial charge in [-0.05, 0) is 24.6 Å². The van der Waals surface area contributed by atoms with Gasteiger partial charge in [0.1, 0.15) is 12.4 Å². The topological polar surface area (TPSA) is 68.4 Å². The van der Waals surface area contributed by atoms with Gasteiger partial charge in [-0.3, -0.25) is 0 Å². The average Bonchev–Trinajstić information content (AvgIpc) is 2.74. The van der Waals surface area contributed by atoms with Gasteiger partial charge in [0, 0.05) is 17.5 Å². The predicted molar refractivity (Wildman–Crippen MR) is 73.1 cm³/mol. The third kappa shape index (κ3) is 3.21. The number of ether oxygens (including phenoxy) is 1. The Balaban J connectivity index is 2.08. The summed E-state index contributed by atoms with van der Waals surface area (Å²) in [5.41, 5.74) is 7.60. The smallest absolute Gasteiger partial charge is 0.142 e. The third-order valence-electron chi connectivity index (χ3n) is 2.45. The summed E-state index contributed by atoms with van der Waals surface area (Å²) in [6, 6.07) is 5.70. The lowest BCUT2D eigenvalue weighted by molar-refractivity contribution is 0.202. The number of aliphatic hydroxyl groups excluding tert-OH is 1. The Bertz CT molecular complexity index is 525.